The van der Waals surface area contributed by atoms with Crippen LogP contribution in [0.5, 0.6) is 5.88 Å². The molecule has 3 aromatic rings. The fraction of sp³-hybridized carbons (Fsp3) is 0.350. The molecule has 0 spiro atoms. The number of nitriles is 2. The second-order valence-electron chi connectivity index (χ2n) is 6.54. The summed E-state index contributed by atoms with van der Waals surface area (Å²) in [6.07, 6.45) is 8.84. The van der Waals surface area contributed by atoms with E-state index in [1.165, 1.54) is 12.8 Å². The van der Waals surface area contributed by atoms with Crippen molar-refractivity contribution in [2.24, 2.45) is 0 Å². The van der Waals surface area contributed by atoms with E-state index in [2.05, 4.69) is 39.3 Å². The van der Waals surface area contributed by atoms with E-state index in [4.69, 9.17) is 10.00 Å². The summed E-state index contributed by atoms with van der Waals surface area (Å²) >= 11 is 1.58. The summed E-state index contributed by atoms with van der Waals surface area (Å²) in [4.78, 5) is 5.39. The lowest BCUT2D eigenvalue weighted by atomic mass is 10.1. The molecule has 0 unspecified atom stereocenters. The first-order chi connectivity index (χ1) is 12.8. The molecule has 3 heterocycles. The smallest absolute Gasteiger partial charge is 0.223 e. The molecule has 0 saturated heterocycles. The predicted octanol–water partition coefficient (Wildman–Crippen LogP) is 4.83. The van der Waals surface area contributed by atoms with Gasteiger partial charge in [0.05, 0.1) is 42.3 Å². The zero-order valence-electron chi connectivity index (χ0n) is 14.5. The first kappa shape index (κ1) is 16.6. The fourth-order valence-corrected chi connectivity index (χ4v) is 4.70. The van der Waals surface area contributed by atoms with E-state index in [1.807, 2.05) is 0 Å². The zero-order valence-corrected chi connectivity index (χ0v) is 15.3. The summed E-state index contributed by atoms with van der Waals surface area (Å²) in [5, 5.41) is 21.6. The van der Waals surface area contributed by atoms with Crippen LogP contribution in [0.25, 0.3) is 22.0 Å². The molecular formula is C20H18N4OS. The number of aromatic nitrogens is 2. The molecule has 1 fully saturated rings. The number of hydrogen-bond donors (Lipinski definition) is 0. The van der Waals surface area contributed by atoms with Crippen LogP contribution in [0.2, 0.25) is 0 Å². The lowest BCUT2D eigenvalue weighted by Gasteiger charge is -2.14. The van der Waals surface area contributed by atoms with Gasteiger partial charge in [0.25, 0.3) is 0 Å². The van der Waals surface area contributed by atoms with Gasteiger partial charge in [-0.3, -0.25) is 0 Å². The van der Waals surface area contributed by atoms with Crippen molar-refractivity contribution in [1.82, 2.24) is 9.55 Å². The molecule has 3 aromatic heterocycles. The highest BCUT2D eigenvalue weighted by molar-refractivity contribution is 7.10. The standard InChI is InChI=1S/C20H18N4OS/c1-25-20-18-17(13-8-16(6-7-21)26-12-13)11-24(15-4-2-3-5-15)19(18)14(9-22)10-23-20/h8,10-12,15H,2-6H2,1H3. The van der Waals surface area contributed by atoms with E-state index in [0.717, 1.165) is 39.7 Å². The quantitative estimate of drug-likeness (QED) is 0.666. The van der Waals surface area contributed by atoms with Crippen LogP contribution in [0.3, 0.4) is 0 Å². The summed E-state index contributed by atoms with van der Waals surface area (Å²) < 4.78 is 7.79. The van der Waals surface area contributed by atoms with Gasteiger partial charge in [-0.15, -0.1) is 11.3 Å². The Hall–Kier alpha value is -2.83. The van der Waals surface area contributed by atoms with Crippen LogP contribution < -0.4 is 4.74 Å². The minimum Gasteiger partial charge on any atom is -0.480 e. The van der Waals surface area contributed by atoms with Gasteiger partial charge in [-0.05, 0) is 29.9 Å². The van der Waals surface area contributed by atoms with Gasteiger partial charge in [0.2, 0.25) is 5.88 Å². The predicted molar refractivity (Wildman–Crippen MR) is 101 cm³/mol. The maximum atomic E-state index is 9.64. The second kappa shape index (κ2) is 6.82. The first-order valence-corrected chi connectivity index (χ1v) is 9.57. The Bertz CT molecular complexity index is 1040. The Morgan fingerprint density at radius 1 is 1.35 bits per heavy atom. The highest BCUT2D eigenvalue weighted by atomic mass is 32.1. The topological polar surface area (TPSA) is 74.6 Å². The highest BCUT2D eigenvalue weighted by Crippen LogP contribution is 2.42. The summed E-state index contributed by atoms with van der Waals surface area (Å²) in [5.41, 5.74) is 3.56. The molecule has 4 rings (SSSR count). The van der Waals surface area contributed by atoms with E-state index >= 15 is 0 Å². The zero-order chi connectivity index (χ0) is 18.1. The summed E-state index contributed by atoms with van der Waals surface area (Å²) in [6.45, 7) is 0. The average molecular weight is 362 g/mol. The number of ether oxygens (including phenoxy) is 1. The van der Waals surface area contributed by atoms with Crippen LogP contribution in [-0.4, -0.2) is 16.7 Å². The highest BCUT2D eigenvalue weighted by Gasteiger charge is 2.25. The Morgan fingerprint density at radius 2 is 2.15 bits per heavy atom. The molecule has 1 aliphatic carbocycles. The van der Waals surface area contributed by atoms with E-state index in [-0.39, 0.29) is 0 Å². The van der Waals surface area contributed by atoms with Gasteiger partial charge in [-0.25, -0.2) is 4.98 Å². The minimum absolute atomic E-state index is 0.405. The SMILES string of the molecule is COc1ncc(C#N)c2c1c(-c1csc(CC#N)c1)cn2C1CCCC1. The number of hydrogen-bond acceptors (Lipinski definition) is 5. The molecule has 0 atom stereocenters. The average Bonchev–Trinajstić information content (AvgIpc) is 3.39. The Labute approximate surface area is 156 Å². The molecule has 0 aromatic carbocycles. The number of pyridine rings is 1. The first-order valence-electron chi connectivity index (χ1n) is 8.69. The summed E-state index contributed by atoms with van der Waals surface area (Å²) in [5.74, 6) is 0.541. The Balaban J connectivity index is 2.00. The van der Waals surface area contributed by atoms with Crippen molar-refractivity contribution in [3.8, 4) is 29.1 Å². The third-order valence-electron chi connectivity index (χ3n) is 5.06. The van der Waals surface area contributed by atoms with Gasteiger partial charge in [-0.1, -0.05) is 12.8 Å². The molecule has 0 N–H and O–H groups in total. The molecule has 6 heteroatoms. The third kappa shape index (κ3) is 2.64. The van der Waals surface area contributed by atoms with Gasteiger partial charge in [0.15, 0.2) is 0 Å². The van der Waals surface area contributed by atoms with Crippen LogP contribution in [0.15, 0.2) is 23.8 Å². The lowest BCUT2D eigenvalue weighted by molar-refractivity contribution is 0.403. The van der Waals surface area contributed by atoms with E-state index in [9.17, 15) is 5.26 Å². The Kier molecular flexibility index (Phi) is 4.36. The van der Waals surface area contributed by atoms with Crippen molar-refractivity contribution in [1.29, 1.82) is 10.5 Å². The van der Waals surface area contributed by atoms with Gasteiger partial charge < -0.3 is 9.30 Å². The van der Waals surface area contributed by atoms with Crippen LogP contribution in [0, 0.1) is 22.7 Å². The minimum atomic E-state index is 0.405. The summed E-state index contributed by atoms with van der Waals surface area (Å²) in [7, 11) is 1.61. The molecule has 1 saturated carbocycles. The van der Waals surface area contributed by atoms with Gasteiger partial charge >= 0.3 is 0 Å². The largest absolute Gasteiger partial charge is 0.480 e. The fourth-order valence-electron chi connectivity index (χ4n) is 3.88. The van der Waals surface area contributed by atoms with Crippen molar-refractivity contribution in [3.05, 3.63) is 34.3 Å². The molecule has 0 aliphatic heterocycles. The number of fused-ring (bicyclic) bond motifs is 1. The van der Waals surface area contributed by atoms with Crippen LogP contribution in [-0.2, 0) is 6.42 Å². The molecule has 0 bridgehead atoms. The molecule has 5 nitrogen and oxygen atoms in total. The van der Waals surface area contributed by atoms with E-state index < -0.39 is 0 Å². The van der Waals surface area contributed by atoms with Crippen molar-refractivity contribution in [2.75, 3.05) is 7.11 Å². The number of methoxy groups -OCH3 is 1. The van der Waals surface area contributed by atoms with Crippen LogP contribution >= 0.6 is 11.3 Å². The number of rotatable bonds is 4. The third-order valence-corrected chi connectivity index (χ3v) is 6.00. The van der Waals surface area contributed by atoms with Crippen molar-refractivity contribution < 1.29 is 4.74 Å². The number of nitrogens with zero attached hydrogens (tertiary/aromatic N) is 4. The number of thiophene rings is 1. The van der Waals surface area contributed by atoms with Gasteiger partial charge in [-0.2, -0.15) is 10.5 Å². The van der Waals surface area contributed by atoms with Gasteiger partial charge in [0, 0.05) is 22.7 Å². The van der Waals surface area contributed by atoms with Crippen LogP contribution in [0.4, 0.5) is 0 Å². The van der Waals surface area contributed by atoms with Crippen LogP contribution in [0.1, 0.15) is 42.2 Å². The normalized spacial score (nSPS) is 14.4. The molecule has 0 radical (unpaired) electrons. The monoisotopic (exact) mass is 362 g/mol. The molecular weight excluding hydrogens is 344 g/mol. The maximum Gasteiger partial charge on any atom is 0.223 e. The van der Waals surface area contributed by atoms with Crippen molar-refractivity contribution in [2.45, 2.75) is 38.1 Å². The van der Waals surface area contributed by atoms with E-state index in [1.54, 1.807) is 24.6 Å². The van der Waals surface area contributed by atoms with E-state index in [0.29, 0.717) is 23.9 Å². The molecule has 26 heavy (non-hydrogen) atoms. The van der Waals surface area contributed by atoms with Crippen molar-refractivity contribution in [3.63, 3.8) is 0 Å². The second-order valence-corrected chi connectivity index (χ2v) is 7.54. The Morgan fingerprint density at radius 3 is 2.85 bits per heavy atom. The molecule has 130 valence electrons. The van der Waals surface area contributed by atoms with Crippen molar-refractivity contribution >= 4 is 22.2 Å². The summed E-state index contributed by atoms with van der Waals surface area (Å²) in [6, 6.07) is 6.96. The lowest BCUT2D eigenvalue weighted by Crippen LogP contribution is -2.04. The molecule has 0 amide bonds. The molecule has 1 aliphatic rings. The van der Waals surface area contributed by atoms with Gasteiger partial charge in [0.1, 0.15) is 6.07 Å². The maximum absolute atomic E-state index is 9.64.